The number of halogens is 1. The smallest absolute Gasteiger partial charge is 0.244 e. The Bertz CT molecular complexity index is 838. The SMILES string of the molecule is OC1CC(c2nc(-c3ccc(F)cc3)no2)N(Cc2ccncc2)C1. The first kappa shape index (κ1) is 15.9. The van der Waals surface area contributed by atoms with Gasteiger partial charge in [-0.1, -0.05) is 5.16 Å². The lowest BCUT2D eigenvalue weighted by Gasteiger charge is -2.20. The van der Waals surface area contributed by atoms with Gasteiger partial charge in [0.2, 0.25) is 11.7 Å². The first-order valence-corrected chi connectivity index (χ1v) is 8.09. The van der Waals surface area contributed by atoms with Gasteiger partial charge in [-0.15, -0.1) is 0 Å². The van der Waals surface area contributed by atoms with Crippen LogP contribution < -0.4 is 0 Å². The van der Waals surface area contributed by atoms with Crippen LogP contribution in [0.25, 0.3) is 11.4 Å². The molecule has 128 valence electrons. The minimum absolute atomic E-state index is 0.148. The van der Waals surface area contributed by atoms with Gasteiger partial charge in [0.15, 0.2) is 0 Å². The van der Waals surface area contributed by atoms with Crippen molar-refractivity contribution in [3.8, 4) is 11.4 Å². The van der Waals surface area contributed by atoms with Crippen molar-refractivity contribution in [1.82, 2.24) is 20.0 Å². The van der Waals surface area contributed by atoms with E-state index in [4.69, 9.17) is 4.52 Å². The largest absolute Gasteiger partial charge is 0.392 e. The van der Waals surface area contributed by atoms with Gasteiger partial charge in [-0.25, -0.2) is 4.39 Å². The van der Waals surface area contributed by atoms with E-state index in [1.54, 1.807) is 24.5 Å². The summed E-state index contributed by atoms with van der Waals surface area (Å²) in [7, 11) is 0. The normalized spacial score (nSPS) is 20.9. The number of pyridine rings is 1. The van der Waals surface area contributed by atoms with Gasteiger partial charge in [-0.3, -0.25) is 9.88 Å². The Morgan fingerprint density at radius 2 is 1.92 bits per heavy atom. The molecule has 2 aromatic heterocycles. The number of likely N-dealkylation sites (tertiary alicyclic amines) is 1. The molecule has 4 rings (SSSR count). The first-order chi connectivity index (χ1) is 12.2. The van der Waals surface area contributed by atoms with E-state index >= 15 is 0 Å². The number of rotatable bonds is 4. The second-order valence-electron chi connectivity index (χ2n) is 6.15. The van der Waals surface area contributed by atoms with E-state index in [1.807, 2.05) is 12.1 Å². The summed E-state index contributed by atoms with van der Waals surface area (Å²) in [5, 5.41) is 14.1. The van der Waals surface area contributed by atoms with Gasteiger partial charge in [0.05, 0.1) is 12.1 Å². The van der Waals surface area contributed by atoms with Crippen LogP contribution in [0, 0.1) is 5.82 Å². The van der Waals surface area contributed by atoms with Crippen LogP contribution in [-0.2, 0) is 6.54 Å². The summed E-state index contributed by atoms with van der Waals surface area (Å²) >= 11 is 0. The predicted octanol–water partition coefficient (Wildman–Crippen LogP) is 2.58. The number of benzene rings is 1. The fourth-order valence-electron chi connectivity index (χ4n) is 3.12. The van der Waals surface area contributed by atoms with Crippen molar-refractivity contribution in [3.05, 3.63) is 66.1 Å². The average Bonchev–Trinajstić information content (AvgIpc) is 3.23. The van der Waals surface area contributed by atoms with E-state index < -0.39 is 6.10 Å². The lowest BCUT2D eigenvalue weighted by molar-refractivity contribution is 0.169. The second kappa shape index (κ2) is 6.70. The van der Waals surface area contributed by atoms with Crippen molar-refractivity contribution < 1.29 is 14.0 Å². The highest BCUT2D eigenvalue weighted by Gasteiger charge is 2.35. The molecule has 1 fully saturated rings. The van der Waals surface area contributed by atoms with E-state index in [9.17, 15) is 9.50 Å². The molecular weight excluding hydrogens is 323 g/mol. The van der Waals surface area contributed by atoms with Crippen LogP contribution >= 0.6 is 0 Å². The van der Waals surface area contributed by atoms with Crippen molar-refractivity contribution in [3.63, 3.8) is 0 Å². The molecule has 0 amide bonds. The minimum atomic E-state index is -0.437. The van der Waals surface area contributed by atoms with Crippen molar-refractivity contribution in [2.24, 2.45) is 0 Å². The van der Waals surface area contributed by atoms with Gasteiger partial charge in [0.25, 0.3) is 0 Å². The molecule has 1 aliphatic heterocycles. The Balaban J connectivity index is 1.56. The Morgan fingerprint density at radius 3 is 2.68 bits per heavy atom. The van der Waals surface area contributed by atoms with Gasteiger partial charge in [0, 0.05) is 31.0 Å². The number of aromatic nitrogens is 3. The topological polar surface area (TPSA) is 75.3 Å². The molecule has 0 saturated carbocycles. The van der Waals surface area contributed by atoms with Crippen LogP contribution in [0.2, 0.25) is 0 Å². The summed E-state index contributed by atoms with van der Waals surface area (Å²) in [5.41, 5.74) is 1.79. The van der Waals surface area contributed by atoms with Crippen molar-refractivity contribution in [1.29, 1.82) is 0 Å². The zero-order valence-corrected chi connectivity index (χ0v) is 13.4. The Kier molecular flexibility index (Phi) is 4.25. The molecule has 3 heterocycles. The predicted molar refractivity (Wildman–Crippen MR) is 87.7 cm³/mol. The fourth-order valence-corrected chi connectivity index (χ4v) is 3.12. The molecule has 0 bridgehead atoms. The van der Waals surface area contributed by atoms with Crippen LogP contribution in [-0.4, -0.2) is 37.8 Å². The number of β-amino-alcohol motifs (C(OH)–C–C–N with tert-alkyl or cyclic N) is 1. The number of hydrogen-bond acceptors (Lipinski definition) is 6. The molecule has 7 heteroatoms. The summed E-state index contributed by atoms with van der Waals surface area (Å²) in [4.78, 5) is 10.6. The summed E-state index contributed by atoms with van der Waals surface area (Å²) < 4.78 is 18.5. The molecule has 1 aromatic carbocycles. The summed E-state index contributed by atoms with van der Waals surface area (Å²) in [6, 6.07) is 9.69. The molecule has 0 aliphatic carbocycles. The molecule has 3 aromatic rings. The van der Waals surface area contributed by atoms with E-state index in [0.717, 1.165) is 5.56 Å². The molecule has 6 nitrogen and oxygen atoms in total. The summed E-state index contributed by atoms with van der Waals surface area (Å²) in [6.07, 6.45) is 3.59. The Morgan fingerprint density at radius 1 is 1.16 bits per heavy atom. The monoisotopic (exact) mass is 340 g/mol. The van der Waals surface area contributed by atoms with E-state index in [2.05, 4.69) is 20.0 Å². The van der Waals surface area contributed by atoms with E-state index in [0.29, 0.717) is 36.8 Å². The number of aliphatic hydroxyl groups excluding tert-OH is 1. The molecule has 0 spiro atoms. The van der Waals surface area contributed by atoms with Crippen molar-refractivity contribution in [2.45, 2.75) is 25.1 Å². The van der Waals surface area contributed by atoms with Crippen molar-refractivity contribution in [2.75, 3.05) is 6.54 Å². The highest BCUT2D eigenvalue weighted by molar-refractivity contribution is 5.53. The first-order valence-electron chi connectivity index (χ1n) is 8.09. The Hall–Kier alpha value is -2.64. The van der Waals surface area contributed by atoms with E-state index in [-0.39, 0.29) is 11.9 Å². The zero-order valence-electron chi connectivity index (χ0n) is 13.4. The third-order valence-electron chi connectivity index (χ3n) is 4.35. The molecular formula is C18H17FN4O2. The van der Waals surface area contributed by atoms with Gasteiger partial charge in [-0.2, -0.15) is 4.98 Å². The lowest BCUT2D eigenvalue weighted by Crippen LogP contribution is -2.24. The minimum Gasteiger partial charge on any atom is -0.392 e. The van der Waals surface area contributed by atoms with Crippen LogP contribution in [0.15, 0.2) is 53.3 Å². The quantitative estimate of drug-likeness (QED) is 0.787. The maximum Gasteiger partial charge on any atom is 0.244 e. The van der Waals surface area contributed by atoms with E-state index in [1.165, 1.54) is 12.1 Å². The molecule has 0 radical (unpaired) electrons. The molecule has 1 saturated heterocycles. The highest BCUT2D eigenvalue weighted by Crippen LogP contribution is 2.33. The second-order valence-corrected chi connectivity index (χ2v) is 6.15. The van der Waals surface area contributed by atoms with Gasteiger partial charge in [-0.05, 0) is 48.4 Å². The van der Waals surface area contributed by atoms with Crippen LogP contribution in [0.5, 0.6) is 0 Å². The zero-order chi connectivity index (χ0) is 17.2. The van der Waals surface area contributed by atoms with Crippen LogP contribution in [0.3, 0.4) is 0 Å². The average molecular weight is 340 g/mol. The molecule has 1 N–H and O–H groups in total. The van der Waals surface area contributed by atoms with Gasteiger partial charge < -0.3 is 9.63 Å². The summed E-state index contributed by atoms with van der Waals surface area (Å²) in [6.45, 7) is 1.21. The van der Waals surface area contributed by atoms with Gasteiger partial charge >= 0.3 is 0 Å². The molecule has 2 atom stereocenters. The maximum absolute atomic E-state index is 13.1. The maximum atomic E-state index is 13.1. The lowest BCUT2D eigenvalue weighted by atomic mass is 10.2. The standard InChI is InChI=1S/C18H17FN4O2/c19-14-3-1-13(2-4-14)17-21-18(25-22-17)16-9-15(24)11-23(16)10-12-5-7-20-8-6-12/h1-8,15-16,24H,9-11H2. The number of nitrogens with zero attached hydrogens (tertiary/aromatic N) is 4. The van der Waals surface area contributed by atoms with Crippen LogP contribution in [0.4, 0.5) is 4.39 Å². The highest BCUT2D eigenvalue weighted by atomic mass is 19.1. The number of hydrogen-bond donors (Lipinski definition) is 1. The fraction of sp³-hybridized carbons (Fsp3) is 0.278. The van der Waals surface area contributed by atoms with Gasteiger partial charge in [0.1, 0.15) is 5.82 Å². The van der Waals surface area contributed by atoms with Crippen LogP contribution in [0.1, 0.15) is 23.9 Å². The Labute approximate surface area is 143 Å². The third-order valence-corrected chi connectivity index (χ3v) is 4.35. The summed E-state index contributed by atoms with van der Waals surface area (Å²) in [5.74, 6) is 0.570. The molecule has 1 aliphatic rings. The van der Waals surface area contributed by atoms with Crippen molar-refractivity contribution >= 4 is 0 Å². The molecule has 25 heavy (non-hydrogen) atoms. The third kappa shape index (κ3) is 3.42. The number of aliphatic hydroxyl groups is 1. The molecule has 2 unspecified atom stereocenters.